The number of aromatic nitrogens is 1. The Bertz CT molecular complexity index is 355. The Kier molecular flexibility index (Phi) is 4.49. The maximum atomic E-state index is 5.87. The van der Waals surface area contributed by atoms with Gasteiger partial charge in [-0.1, -0.05) is 6.07 Å². The van der Waals surface area contributed by atoms with Gasteiger partial charge in [0, 0.05) is 24.5 Å². The molecular weight excluding hydrogens is 236 g/mol. The van der Waals surface area contributed by atoms with Crippen LogP contribution in [-0.2, 0) is 0 Å². The lowest BCUT2D eigenvalue weighted by Gasteiger charge is -2.38. The molecular formula is C13H19ClN2O. The number of halogens is 1. The van der Waals surface area contributed by atoms with Crippen LogP contribution >= 0.6 is 11.6 Å². The summed E-state index contributed by atoms with van der Waals surface area (Å²) in [6.45, 7) is 3.47. The van der Waals surface area contributed by atoms with Crippen molar-refractivity contribution in [2.75, 3.05) is 23.9 Å². The van der Waals surface area contributed by atoms with Gasteiger partial charge in [-0.05, 0) is 32.3 Å². The molecule has 0 spiro atoms. The Labute approximate surface area is 108 Å². The summed E-state index contributed by atoms with van der Waals surface area (Å²) in [6.07, 6.45) is 3.81. The Hall–Kier alpha value is -0.960. The first-order valence-electron chi connectivity index (χ1n) is 6.27. The van der Waals surface area contributed by atoms with Gasteiger partial charge in [-0.25, -0.2) is 0 Å². The minimum absolute atomic E-state index is 0.609. The van der Waals surface area contributed by atoms with Crippen LogP contribution in [0.2, 0.25) is 0 Å². The van der Waals surface area contributed by atoms with Crippen LogP contribution in [-0.4, -0.2) is 30.1 Å². The fraction of sp³-hybridized carbons (Fsp3) is 0.615. The highest BCUT2D eigenvalue weighted by atomic mass is 35.5. The van der Waals surface area contributed by atoms with Crippen molar-refractivity contribution in [1.29, 1.82) is 0 Å². The molecule has 17 heavy (non-hydrogen) atoms. The highest BCUT2D eigenvalue weighted by molar-refractivity contribution is 6.18. The van der Waals surface area contributed by atoms with E-state index in [-0.39, 0.29) is 0 Å². The first-order chi connectivity index (χ1) is 8.35. The van der Waals surface area contributed by atoms with Crippen molar-refractivity contribution in [3.63, 3.8) is 0 Å². The lowest BCUT2D eigenvalue weighted by molar-refractivity contribution is 0.325. The molecule has 0 aliphatic heterocycles. The number of hydrogen-bond acceptors (Lipinski definition) is 3. The molecule has 0 radical (unpaired) electrons. The summed E-state index contributed by atoms with van der Waals surface area (Å²) in [5.74, 6) is 2.32. The van der Waals surface area contributed by atoms with Crippen molar-refractivity contribution in [3.05, 3.63) is 18.2 Å². The number of rotatable bonds is 6. The quantitative estimate of drug-likeness (QED) is 0.730. The van der Waals surface area contributed by atoms with Crippen LogP contribution in [0.5, 0.6) is 5.88 Å². The summed E-state index contributed by atoms with van der Waals surface area (Å²) in [5, 5.41) is 0. The minimum Gasteiger partial charge on any atom is -0.478 e. The number of anilines is 1. The lowest BCUT2D eigenvalue weighted by Crippen LogP contribution is -2.41. The van der Waals surface area contributed by atoms with Crippen LogP contribution in [0.1, 0.15) is 26.2 Å². The molecule has 1 fully saturated rings. The maximum absolute atomic E-state index is 5.87. The summed E-state index contributed by atoms with van der Waals surface area (Å²) >= 11 is 5.87. The van der Waals surface area contributed by atoms with E-state index in [0.29, 0.717) is 24.4 Å². The highest BCUT2D eigenvalue weighted by Crippen LogP contribution is 2.29. The zero-order valence-electron chi connectivity index (χ0n) is 10.2. The molecule has 1 aromatic rings. The predicted octanol–water partition coefficient (Wildman–Crippen LogP) is 3.08. The van der Waals surface area contributed by atoms with Crippen molar-refractivity contribution in [1.82, 2.24) is 4.98 Å². The Morgan fingerprint density at radius 1 is 1.47 bits per heavy atom. The van der Waals surface area contributed by atoms with Gasteiger partial charge < -0.3 is 9.64 Å². The zero-order chi connectivity index (χ0) is 12.1. The molecule has 0 saturated heterocycles. The molecule has 4 heteroatoms. The molecule has 94 valence electrons. The van der Waals surface area contributed by atoms with E-state index < -0.39 is 0 Å². The van der Waals surface area contributed by atoms with Crippen molar-refractivity contribution >= 4 is 17.4 Å². The molecule has 0 bridgehead atoms. The van der Waals surface area contributed by atoms with Crippen LogP contribution in [0.15, 0.2) is 18.2 Å². The fourth-order valence-corrected chi connectivity index (χ4v) is 2.25. The van der Waals surface area contributed by atoms with Crippen LogP contribution in [0, 0.1) is 0 Å². The molecule has 1 aliphatic rings. The maximum Gasteiger partial charge on any atom is 0.215 e. The van der Waals surface area contributed by atoms with Crippen molar-refractivity contribution in [2.24, 2.45) is 0 Å². The molecule has 2 rings (SSSR count). The number of hydrogen-bond donors (Lipinski definition) is 0. The number of nitrogens with zero attached hydrogens (tertiary/aromatic N) is 2. The summed E-state index contributed by atoms with van der Waals surface area (Å²) in [5.41, 5.74) is 0. The van der Waals surface area contributed by atoms with Crippen LogP contribution < -0.4 is 9.64 Å². The van der Waals surface area contributed by atoms with Gasteiger partial charge in [-0.2, -0.15) is 4.98 Å². The van der Waals surface area contributed by atoms with E-state index in [0.717, 1.165) is 12.4 Å². The molecule has 0 amide bonds. The predicted molar refractivity (Wildman–Crippen MR) is 71.1 cm³/mol. The summed E-state index contributed by atoms with van der Waals surface area (Å²) in [6, 6.07) is 6.53. The van der Waals surface area contributed by atoms with E-state index in [1.807, 2.05) is 25.1 Å². The zero-order valence-corrected chi connectivity index (χ0v) is 11.0. The molecule has 1 aliphatic carbocycles. The smallest absolute Gasteiger partial charge is 0.215 e. The fourth-order valence-electron chi connectivity index (χ4n) is 2.07. The molecule has 3 nitrogen and oxygen atoms in total. The third-order valence-corrected chi connectivity index (χ3v) is 3.31. The van der Waals surface area contributed by atoms with E-state index in [1.54, 1.807) is 0 Å². The van der Waals surface area contributed by atoms with Crippen molar-refractivity contribution in [3.8, 4) is 5.88 Å². The Morgan fingerprint density at radius 2 is 2.29 bits per heavy atom. The summed E-state index contributed by atoms with van der Waals surface area (Å²) < 4.78 is 5.44. The van der Waals surface area contributed by atoms with Crippen molar-refractivity contribution < 1.29 is 4.74 Å². The van der Waals surface area contributed by atoms with Gasteiger partial charge in [0.2, 0.25) is 5.88 Å². The first kappa shape index (κ1) is 12.5. The largest absolute Gasteiger partial charge is 0.478 e. The second-order valence-electron chi connectivity index (χ2n) is 4.23. The normalized spacial score (nSPS) is 15.4. The van der Waals surface area contributed by atoms with Gasteiger partial charge in [0.05, 0.1) is 6.61 Å². The van der Waals surface area contributed by atoms with E-state index in [9.17, 15) is 0 Å². The van der Waals surface area contributed by atoms with Gasteiger partial charge in [-0.15, -0.1) is 11.6 Å². The average Bonchev–Trinajstić information content (AvgIpc) is 2.27. The van der Waals surface area contributed by atoms with Crippen molar-refractivity contribution in [2.45, 2.75) is 32.2 Å². The molecule has 0 atom stereocenters. The molecule has 0 unspecified atom stereocenters. The van der Waals surface area contributed by atoms with Gasteiger partial charge in [0.15, 0.2) is 0 Å². The monoisotopic (exact) mass is 254 g/mol. The van der Waals surface area contributed by atoms with Crippen LogP contribution in [0.3, 0.4) is 0 Å². The molecule has 1 aromatic heterocycles. The third kappa shape index (κ3) is 3.03. The van der Waals surface area contributed by atoms with Gasteiger partial charge >= 0.3 is 0 Å². The van der Waals surface area contributed by atoms with Gasteiger partial charge in [-0.3, -0.25) is 0 Å². The molecule has 1 heterocycles. The van der Waals surface area contributed by atoms with Crippen LogP contribution in [0.4, 0.5) is 5.82 Å². The molecule has 0 N–H and O–H groups in total. The van der Waals surface area contributed by atoms with E-state index in [1.165, 1.54) is 19.3 Å². The van der Waals surface area contributed by atoms with E-state index >= 15 is 0 Å². The highest BCUT2D eigenvalue weighted by Gasteiger charge is 2.25. The van der Waals surface area contributed by atoms with Gasteiger partial charge in [0.25, 0.3) is 0 Å². The minimum atomic E-state index is 0.609. The Balaban J connectivity index is 2.13. The second-order valence-corrected chi connectivity index (χ2v) is 4.61. The SMILES string of the molecule is CCOc1cccc(N(CCCl)C2CCC2)n1. The number of ether oxygens (including phenoxy) is 1. The summed E-state index contributed by atoms with van der Waals surface area (Å²) in [4.78, 5) is 6.83. The molecule has 1 saturated carbocycles. The topological polar surface area (TPSA) is 25.4 Å². The second kappa shape index (κ2) is 6.10. The van der Waals surface area contributed by atoms with E-state index in [2.05, 4.69) is 9.88 Å². The third-order valence-electron chi connectivity index (χ3n) is 3.14. The first-order valence-corrected chi connectivity index (χ1v) is 6.81. The standard InChI is InChI=1S/C13H19ClN2O/c1-2-17-13-8-4-7-12(15-13)16(10-9-14)11-5-3-6-11/h4,7-8,11H,2-3,5-6,9-10H2,1H3. The average molecular weight is 255 g/mol. The number of alkyl halides is 1. The molecule has 0 aromatic carbocycles. The van der Waals surface area contributed by atoms with Gasteiger partial charge in [0.1, 0.15) is 5.82 Å². The lowest BCUT2D eigenvalue weighted by atomic mass is 9.91. The summed E-state index contributed by atoms with van der Waals surface area (Å²) in [7, 11) is 0. The van der Waals surface area contributed by atoms with Crippen LogP contribution in [0.25, 0.3) is 0 Å². The number of pyridine rings is 1. The Morgan fingerprint density at radius 3 is 2.88 bits per heavy atom. The van der Waals surface area contributed by atoms with E-state index in [4.69, 9.17) is 16.3 Å².